The molecular formula is C24H36N2O4. The normalized spacial score (nSPS) is 23.9. The van der Waals surface area contributed by atoms with Gasteiger partial charge in [0.2, 0.25) is 0 Å². The summed E-state index contributed by atoms with van der Waals surface area (Å²) in [6.07, 6.45) is 8.57. The minimum Gasteiger partial charge on any atom is -0.452 e. The number of hydrogen-bond acceptors (Lipinski definition) is 5. The number of morpholine rings is 1. The van der Waals surface area contributed by atoms with Crippen molar-refractivity contribution in [2.45, 2.75) is 83.6 Å². The number of hydrogen-bond donors (Lipinski definition) is 1. The summed E-state index contributed by atoms with van der Waals surface area (Å²) in [5, 5.41) is 3.02. The molecule has 2 unspecified atom stereocenters. The minimum atomic E-state index is -0.456. The van der Waals surface area contributed by atoms with E-state index in [1.165, 1.54) is 19.3 Å². The number of nitrogens with zero attached hydrogens (tertiary/aromatic N) is 1. The van der Waals surface area contributed by atoms with Gasteiger partial charge in [-0.3, -0.25) is 9.69 Å². The van der Waals surface area contributed by atoms with Crippen LogP contribution in [0.4, 0.5) is 0 Å². The number of benzene rings is 1. The highest BCUT2D eigenvalue weighted by Crippen LogP contribution is 2.17. The number of carbonyl (C=O) groups is 2. The van der Waals surface area contributed by atoms with Crippen molar-refractivity contribution in [1.29, 1.82) is 0 Å². The molecule has 2 fully saturated rings. The molecule has 166 valence electrons. The third-order valence-electron chi connectivity index (χ3n) is 5.90. The largest absolute Gasteiger partial charge is 0.452 e. The van der Waals surface area contributed by atoms with Crippen LogP contribution in [0.2, 0.25) is 0 Å². The van der Waals surface area contributed by atoms with Crippen LogP contribution >= 0.6 is 0 Å². The first kappa shape index (κ1) is 22.8. The first-order valence-electron chi connectivity index (χ1n) is 11.4. The van der Waals surface area contributed by atoms with Crippen LogP contribution in [0.25, 0.3) is 0 Å². The van der Waals surface area contributed by atoms with Gasteiger partial charge in [-0.15, -0.1) is 0 Å². The molecule has 1 aliphatic heterocycles. The van der Waals surface area contributed by atoms with E-state index >= 15 is 0 Å². The molecule has 0 bridgehead atoms. The summed E-state index contributed by atoms with van der Waals surface area (Å²) in [7, 11) is 0. The van der Waals surface area contributed by atoms with Gasteiger partial charge in [0.1, 0.15) is 0 Å². The zero-order chi connectivity index (χ0) is 21.3. The van der Waals surface area contributed by atoms with Crippen molar-refractivity contribution < 1.29 is 19.1 Å². The molecule has 6 heteroatoms. The van der Waals surface area contributed by atoms with Crippen LogP contribution in [0.3, 0.4) is 0 Å². The van der Waals surface area contributed by atoms with Crippen LogP contribution in [-0.2, 0) is 20.8 Å². The number of rotatable bonds is 6. The average molecular weight is 417 g/mol. The summed E-state index contributed by atoms with van der Waals surface area (Å²) in [6.45, 7) is 6.61. The Hall–Kier alpha value is -1.92. The van der Waals surface area contributed by atoms with E-state index < -0.39 is 5.97 Å². The van der Waals surface area contributed by atoms with Crippen LogP contribution in [0.15, 0.2) is 24.3 Å². The number of carbonyl (C=O) groups excluding carboxylic acids is 2. The SMILES string of the molecule is CC1CN(Cc2ccc(C(=O)OCC(=O)NC3CCCCCCC3)cc2)CC(C)O1. The van der Waals surface area contributed by atoms with Gasteiger partial charge < -0.3 is 14.8 Å². The summed E-state index contributed by atoms with van der Waals surface area (Å²) in [5.74, 6) is -0.663. The fourth-order valence-electron chi connectivity index (χ4n) is 4.50. The number of ether oxygens (including phenoxy) is 2. The molecule has 1 saturated carbocycles. The Bertz CT molecular complexity index is 673. The number of esters is 1. The lowest BCUT2D eigenvalue weighted by Crippen LogP contribution is -2.44. The molecule has 2 aliphatic rings. The molecule has 0 radical (unpaired) electrons. The van der Waals surface area contributed by atoms with E-state index in [9.17, 15) is 9.59 Å². The maximum atomic E-state index is 12.3. The lowest BCUT2D eigenvalue weighted by atomic mass is 9.97. The first-order chi connectivity index (χ1) is 14.5. The van der Waals surface area contributed by atoms with Crippen LogP contribution in [0, 0.1) is 0 Å². The Morgan fingerprint density at radius 1 is 1.00 bits per heavy atom. The summed E-state index contributed by atoms with van der Waals surface area (Å²) in [6, 6.07) is 7.67. The van der Waals surface area contributed by atoms with E-state index in [1.807, 2.05) is 12.1 Å². The second-order valence-corrected chi connectivity index (χ2v) is 8.83. The smallest absolute Gasteiger partial charge is 0.338 e. The van der Waals surface area contributed by atoms with E-state index in [2.05, 4.69) is 24.1 Å². The van der Waals surface area contributed by atoms with Crippen molar-refractivity contribution in [3.63, 3.8) is 0 Å². The Morgan fingerprint density at radius 3 is 2.23 bits per heavy atom. The lowest BCUT2D eigenvalue weighted by molar-refractivity contribution is -0.125. The highest BCUT2D eigenvalue weighted by Gasteiger charge is 2.22. The fourth-order valence-corrected chi connectivity index (χ4v) is 4.50. The predicted octanol–water partition coefficient (Wildman–Crippen LogP) is 3.68. The zero-order valence-electron chi connectivity index (χ0n) is 18.4. The molecule has 0 spiro atoms. The van der Waals surface area contributed by atoms with Crippen LogP contribution < -0.4 is 5.32 Å². The highest BCUT2D eigenvalue weighted by atomic mass is 16.5. The Balaban J connectivity index is 1.42. The molecular weight excluding hydrogens is 380 g/mol. The standard InChI is InChI=1S/C24H36N2O4/c1-18-14-26(15-19(2)30-18)16-20-10-12-21(13-11-20)24(28)29-17-23(27)25-22-8-6-4-3-5-7-9-22/h10-13,18-19,22H,3-9,14-17H2,1-2H3,(H,25,27). The van der Waals surface area contributed by atoms with Crippen molar-refractivity contribution in [3.8, 4) is 0 Å². The van der Waals surface area contributed by atoms with E-state index in [4.69, 9.17) is 9.47 Å². The third kappa shape index (κ3) is 7.40. The first-order valence-corrected chi connectivity index (χ1v) is 11.4. The van der Waals surface area contributed by atoms with E-state index in [0.717, 1.165) is 50.9 Å². The Kier molecular flexibility index (Phi) is 8.70. The third-order valence-corrected chi connectivity index (χ3v) is 5.90. The predicted molar refractivity (Wildman–Crippen MR) is 116 cm³/mol. The molecule has 1 N–H and O–H groups in total. The lowest BCUT2D eigenvalue weighted by Gasteiger charge is -2.35. The highest BCUT2D eigenvalue weighted by molar-refractivity contribution is 5.91. The molecule has 1 aliphatic carbocycles. The van der Waals surface area contributed by atoms with Gasteiger partial charge in [-0.2, -0.15) is 0 Å². The molecule has 1 aromatic rings. The Labute approximate surface area is 180 Å². The van der Waals surface area contributed by atoms with Gasteiger partial charge in [-0.1, -0.05) is 44.2 Å². The molecule has 3 rings (SSSR count). The van der Waals surface area contributed by atoms with Gasteiger partial charge >= 0.3 is 5.97 Å². The molecule has 2 atom stereocenters. The zero-order valence-corrected chi connectivity index (χ0v) is 18.4. The summed E-state index contributed by atoms with van der Waals surface area (Å²) in [4.78, 5) is 26.8. The van der Waals surface area contributed by atoms with Gasteiger partial charge in [-0.25, -0.2) is 4.79 Å². The summed E-state index contributed by atoms with van der Waals surface area (Å²) in [5.41, 5.74) is 1.62. The molecule has 30 heavy (non-hydrogen) atoms. The van der Waals surface area contributed by atoms with Crippen LogP contribution in [0.5, 0.6) is 0 Å². The monoisotopic (exact) mass is 416 g/mol. The second-order valence-electron chi connectivity index (χ2n) is 8.83. The average Bonchev–Trinajstić information content (AvgIpc) is 2.68. The van der Waals surface area contributed by atoms with Crippen molar-refractivity contribution in [3.05, 3.63) is 35.4 Å². The minimum absolute atomic E-state index is 0.207. The van der Waals surface area contributed by atoms with Crippen molar-refractivity contribution >= 4 is 11.9 Å². The molecule has 1 saturated heterocycles. The van der Waals surface area contributed by atoms with Crippen LogP contribution in [-0.4, -0.2) is 54.7 Å². The van der Waals surface area contributed by atoms with Crippen molar-refractivity contribution in [1.82, 2.24) is 10.2 Å². The maximum Gasteiger partial charge on any atom is 0.338 e. The Morgan fingerprint density at radius 2 is 1.60 bits per heavy atom. The quantitative estimate of drug-likeness (QED) is 0.717. The van der Waals surface area contributed by atoms with Crippen molar-refractivity contribution in [2.75, 3.05) is 19.7 Å². The van der Waals surface area contributed by atoms with E-state index in [0.29, 0.717) is 5.56 Å². The number of nitrogens with one attached hydrogen (secondary N) is 1. The van der Waals surface area contributed by atoms with Crippen molar-refractivity contribution in [2.24, 2.45) is 0 Å². The molecule has 6 nitrogen and oxygen atoms in total. The van der Waals surface area contributed by atoms with E-state index in [-0.39, 0.29) is 30.8 Å². The molecule has 1 amide bonds. The van der Waals surface area contributed by atoms with Crippen LogP contribution in [0.1, 0.15) is 74.7 Å². The fraction of sp³-hybridized carbons (Fsp3) is 0.667. The number of amides is 1. The summed E-state index contributed by atoms with van der Waals surface area (Å²) >= 11 is 0. The topological polar surface area (TPSA) is 67.9 Å². The van der Waals surface area contributed by atoms with E-state index in [1.54, 1.807) is 12.1 Å². The van der Waals surface area contributed by atoms with Gasteiger partial charge in [0.25, 0.3) is 5.91 Å². The molecule has 1 aromatic carbocycles. The van der Waals surface area contributed by atoms with Gasteiger partial charge in [0.05, 0.1) is 17.8 Å². The van der Waals surface area contributed by atoms with Gasteiger partial charge in [-0.05, 0) is 44.4 Å². The summed E-state index contributed by atoms with van der Waals surface area (Å²) < 4.78 is 11.0. The molecule has 0 aromatic heterocycles. The second kappa shape index (κ2) is 11.5. The van der Waals surface area contributed by atoms with Gasteiger partial charge in [0, 0.05) is 25.7 Å². The molecule has 1 heterocycles. The maximum absolute atomic E-state index is 12.3. The van der Waals surface area contributed by atoms with Gasteiger partial charge in [0.15, 0.2) is 6.61 Å².